The number of aromatic nitrogens is 5. The Bertz CT molecular complexity index is 1240. The molecule has 0 aliphatic heterocycles. The highest BCUT2D eigenvalue weighted by Gasteiger charge is 2.15. The smallest absolute Gasteiger partial charge is 0.166 e. The highest BCUT2D eigenvalue weighted by molar-refractivity contribution is 9.10. The van der Waals surface area contributed by atoms with E-state index < -0.39 is 0 Å². The van der Waals surface area contributed by atoms with Gasteiger partial charge >= 0.3 is 0 Å². The topological polar surface area (TPSA) is 83.8 Å². The van der Waals surface area contributed by atoms with Crippen LogP contribution in [0.15, 0.2) is 58.0 Å². The number of nitrogen functional groups attached to an aromatic ring is 1. The molecule has 2 N–H and O–H groups in total. The van der Waals surface area contributed by atoms with Crippen LogP contribution in [0.2, 0.25) is 0 Å². The summed E-state index contributed by atoms with van der Waals surface area (Å²) in [6.45, 7) is 3.66. The standard InChI is InChI=1S/C22H21Br2FN6O/c1-2-30-21(24)15(11-29-30)13-31-19(5-7-28-31)18-4-3-17(25)9-14(18)6-8-32-20-10-16(23)12-27-22(20)26/h3-5,7,9-12H,2,6,8,13H2,1H3,(H2,26,27). The van der Waals surface area contributed by atoms with E-state index in [1.165, 1.54) is 12.1 Å². The number of benzene rings is 1. The van der Waals surface area contributed by atoms with E-state index in [-0.39, 0.29) is 5.82 Å². The lowest BCUT2D eigenvalue weighted by Crippen LogP contribution is -2.08. The fourth-order valence-electron chi connectivity index (χ4n) is 3.42. The number of anilines is 1. The summed E-state index contributed by atoms with van der Waals surface area (Å²) < 4.78 is 25.4. The van der Waals surface area contributed by atoms with Gasteiger partial charge < -0.3 is 10.5 Å². The van der Waals surface area contributed by atoms with Gasteiger partial charge in [-0.25, -0.2) is 9.37 Å². The maximum absolute atomic E-state index is 14.1. The van der Waals surface area contributed by atoms with E-state index in [1.54, 1.807) is 24.5 Å². The largest absolute Gasteiger partial charge is 0.489 e. The third-order valence-corrected chi connectivity index (χ3v) is 6.35. The summed E-state index contributed by atoms with van der Waals surface area (Å²) in [4.78, 5) is 4.07. The minimum absolute atomic E-state index is 0.301. The molecule has 0 amide bonds. The molecule has 0 aliphatic carbocycles. The minimum Gasteiger partial charge on any atom is -0.489 e. The van der Waals surface area contributed by atoms with Crippen molar-refractivity contribution < 1.29 is 9.13 Å². The van der Waals surface area contributed by atoms with Crippen molar-refractivity contribution in [2.45, 2.75) is 26.4 Å². The first-order valence-electron chi connectivity index (χ1n) is 10.0. The van der Waals surface area contributed by atoms with Gasteiger partial charge in [-0.1, -0.05) is 0 Å². The fourth-order valence-corrected chi connectivity index (χ4v) is 4.30. The van der Waals surface area contributed by atoms with E-state index >= 15 is 0 Å². The average molecular weight is 564 g/mol. The van der Waals surface area contributed by atoms with Gasteiger partial charge in [-0.3, -0.25) is 9.36 Å². The van der Waals surface area contributed by atoms with Crippen LogP contribution in [0, 0.1) is 5.82 Å². The Morgan fingerprint density at radius 2 is 1.91 bits per heavy atom. The Labute approximate surface area is 201 Å². The SMILES string of the molecule is CCn1ncc(Cn2nccc2-c2ccc(F)cc2CCOc2cc(Br)cnc2N)c1Br. The van der Waals surface area contributed by atoms with Gasteiger partial charge in [-0.2, -0.15) is 10.2 Å². The van der Waals surface area contributed by atoms with E-state index in [9.17, 15) is 4.39 Å². The predicted molar refractivity (Wildman–Crippen MR) is 128 cm³/mol. The molecule has 0 bridgehead atoms. The van der Waals surface area contributed by atoms with Gasteiger partial charge in [0.05, 0.1) is 25.0 Å². The molecule has 10 heteroatoms. The van der Waals surface area contributed by atoms with Crippen LogP contribution in [0.1, 0.15) is 18.1 Å². The number of nitrogens with two attached hydrogens (primary N) is 1. The van der Waals surface area contributed by atoms with Gasteiger partial charge in [-0.05, 0) is 74.7 Å². The minimum atomic E-state index is -0.301. The highest BCUT2D eigenvalue weighted by atomic mass is 79.9. The number of nitrogens with zero attached hydrogens (tertiary/aromatic N) is 5. The number of hydrogen-bond donors (Lipinski definition) is 1. The van der Waals surface area contributed by atoms with Crippen molar-refractivity contribution in [1.82, 2.24) is 24.5 Å². The Hall–Kier alpha value is -2.72. The summed E-state index contributed by atoms with van der Waals surface area (Å²) in [7, 11) is 0. The molecule has 0 radical (unpaired) electrons. The Morgan fingerprint density at radius 3 is 2.69 bits per heavy atom. The summed E-state index contributed by atoms with van der Waals surface area (Å²) in [6, 6.07) is 8.45. The van der Waals surface area contributed by atoms with Crippen molar-refractivity contribution in [1.29, 1.82) is 0 Å². The molecule has 4 rings (SSSR count). The Morgan fingerprint density at radius 1 is 1.06 bits per heavy atom. The van der Waals surface area contributed by atoms with Crippen LogP contribution in [0.4, 0.5) is 10.2 Å². The van der Waals surface area contributed by atoms with Gasteiger partial charge in [0, 0.05) is 41.0 Å². The molecule has 0 atom stereocenters. The zero-order chi connectivity index (χ0) is 22.7. The summed E-state index contributed by atoms with van der Waals surface area (Å²) >= 11 is 6.96. The number of aryl methyl sites for hydroxylation is 1. The zero-order valence-electron chi connectivity index (χ0n) is 17.3. The number of hydrogen-bond acceptors (Lipinski definition) is 5. The molecule has 32 heavy (non-hydrogen) atoms. The summed E-state index contributed by atoms with van der Waals surface area (Å²) in [5.74, 6) is 0.495. The molecule has 3 aromatic heterocycles. The first kappa shape index (κ1) is 22.5. The molecule has 0 saturated carbocycles. The first-order valence-corrected chi connectivity index (χ1v) is 11.6. The highest BCUT2D eigenvalue weighted by Crippen LogP contribution is 2.28. The molecule has 0 fully saturated rings. The molecule has 166 valence electrons. The van der Waals surface area contributed by atoms with Crippen molar-refractivity contribution in [2.75, 3.05) is 12.3 Å². The monoisotopic (exact) mass is 562 g/mol. The van der Waals surface area contributed by atoms with E-state index in [1.807, 2.05) is 28.6 Å². The quantitative estimate of drug-likeness (QED) is 0.323. The second-order valence-electron chi connectivity index (χ2n) is 7.09. The van der Waals surface area contributed by atoms with Gasteiger partial charge in [0.25, 0.3) is 0 Å². The molecule has 0 saturated heterocycles. The van der Waals surface area contributed by atoms with Gasteiger partial charge in [0.15, 0.2) is 11.6 Å². The molecule has 1 aromatic carbocycles. The Kier molecular flexibility index (Phi) is 6.90. The van der Waals surface area contributed by atoms with Crippen molar-refractivity contribution in [3.05, 3.63) is 74.9 Å². The maximum Gasteiger partial charge on any atom is 0.166 e. The van der Waals surface area contributed by atoms with Crippen LogP contribution in [0.5, 0.6) is 5.75 Å². The van der Waals surface area contributed by atoms with Crippen LogP contribution < -0.4 is 10.5 Å². The number of rotatable bonds is 8. The van der Waals surface area contributed by atoms with E-state index in [2.05, 4.69) is 47.0 Å². The maximum atomic E-state index is 14.1. The van der Waals surface area contributed by atoms with Crippen LogP contribution in [0.3, 0.4) is 0 Å². The fraction of sp³-hybridized carbons (Fsp3) is 0.227. The molecule has 0 unspecified atom stereocenters. The number of ether oxygens (including phenoxy) is 1. The second-order valence-corrected chi connectivity index (χ2v) is 8.75. The Balaban J connectivity index is 1.57. The van der Waals surface area contributed by atoms with Gasteiger partial charge in [0.2, 0.25) is 0 Å². The molecule has 0 spiro atoms. The van der Waals surface area contributed by atoms with Crippen molar-refractivity contribution in [3.63, 3.8) is 0 Å². The van der Waals surface area contributed by atoms with Crippen molar-refractivity contribution >= 4 is 37.7 Å². The average Bonchev–Trinajstić information content (AvgIpc) is 3.37. The van der Waals surface area contributed by atoms with Gasteiger partial charge in [0.1, 0.15) is 10.4 Å². The van der Waals surface area contributed by atoms with Gasteiger partial charge in [-0.15, -0.1) is 0 Å². The number of halogens is 3. The third-order valence-electron chi connectivity index (χ3n) is 5.00. The molecule has 7 nitrogen and oxygen atoms in total. The lowest BCUT2D eigenvalue weighted by Gasteiger charge is -2.14. The molecular weight excluding hydrogens is 543 g/mol. The molecular formula is C22H21Br2FN6O. The summed E-state index contributed by atoms with van der Waals surface area (Å²) in [5, 5.41) is 8.85. The molecule has 4 aromatic rings. The van der Waals surface area contributed by atoms with Crippen LogP contribution in [-0.4, -0.2) is 31.2 Å². The van der Waals surface area contributed by atoms with E-state index in [4.69, 9.17) is 10.5 Å². The van der Waals surface area contributed by atoms with Crippen molar-refractivity contribution in [3.8, 4) is 17.0 Å². The zero-order valence-corrected chi connectivity index (χ0v) is 20.5. The lowest BCUT2D eigenvalue weighted by molar-refractivity contribution is 0.322. The molecule has 3 heterocycles. The summed E-state index contributed by atoms with van der Waals surface area (Å²) in [5.41, 5.74) is 9.49. The van der Waals surface area contributed by atoms with Crippen LogP contribution in [0.25, 0.3) is 11.3 Å². The number of pyridine rings is 1. The second kappa shape index (κ2) is 9.83. The third kappa shape index (κ3) is 4.86. The van der Waals surface area contributed by atoms with E-state index in [0.29, 0.717) is 31.1 Å². The lowest BCUT2D eigenvalue weighted by atomic mass is 10.0. The van der Waals surface area contributed by atoms with Crippen molar-refractivity contribution in [2.24, 2.45) is 0 Å². The van der Waals surface area contributed by atoms with Crippen LogP contribution in [-0.2, 0) is 19.5 Å². The normalized spacial score (nSPS) is 11.1. The first-order chi connectivity index (χ1) is 15.5. The van der Waals surface area contributed by atoms with E-state index in [0.717, 1.165) is 38.0 Å². The van der Waals surface area contributed by atoms with Crippen LogP contribution >= 0.6 is 31.9 Å². The summed E-state index contributed by atoms with van der Waals surface area (Å²) in [6.07, 6.45) is 5.66. The molecule has 0 aliphatic rings. The predicted octanol–water partition coefficient (Wildman–Crippen LogP) is 5.08.